The van der Waals surface area contributed by atoms with Gasteiger partial charge in [0.1, 0.15) is 6.04 Å². The first-order valence-corrected chi connectivity index (χ1v) is 3.62. The van der Waals surface area contributed by atoms with Crippen LogP contribution in [-0.2, 0) is 9.90 Å². The first-order valence-electron chi connectivity index (χ1n) is 3.62. The zero-order valence-corrected chi connectivity index (χ0v) is 5.99. The van der Waals surface area contributed by atoms with Gasteiger partial charge in [-0.2, -0.15) is 0 Å². The second-order valence-corrected chi connectivity index (χ2v) is 2.76. The van der Waals surface area contributed by atoms with Gasteiger partial charge in [0.2, 0.25) is 0 Å². The largest absolute Gasteiger partial charge is 0.355 e. The first kappa shape index (κ1) is 6.46. The Kier molecular flexibility index (Phi) is 1.24. The lowest BCUT2D eigenvalue weighted by molar-refractivity contribution is -0.118. The van der Waals surface area contributed by atoms with Crippen LogP contribution in [0.15, 0.2) is 24.1 Å². The van der Waals surface area contributed by atoms with Gasteiger partial charge in [0.05, 0.1) is 5.70 Å². The van der Waals surface area contributed by atoms with Crippen LogP contribution in [0.5, 0.6) is 0 Å². The summed E-state index contributed by atoms with van der Waals surface area (Å²) < 4.78 is 0. The molecule has 1 atom stereocenters. The highest BCUT2D eigenvalue weighted by molar-refractivity contribution is 5.89. The molecule has 0 aromatic rings. The van der Waals surface area contributed by atoms with Gasteiger partial charge in [-0.1, -0.05) is 6.08 Å². The molecule has 0 aromatic heterocycles. The molecule has 2 aliphatic rings. The van der Waals surface area contributed by atoms with Crippen LogP contribution in [0.2, 0.25) is 0 Å². The van der Waals surface area contributed by atoms with E-state index in [4.69, 9.17) is 0 Å². The van der Waals surface area contributed by atoms with Crippen molar-refractivity contribution in [3.63, 3.8) is 0 Å². The van der Waals surface area contributed by atoms with Crippen molar-refractivity contribution in [2.45, 2.75) is 12.5 Å². The third-order valence-corrected chi connectivity index (χ3v) is 2.17. The Labute approximate surface area is 64.6 Å². The fraction of sp³-hybridized carbons (Fsp3) is 0.375. The molecule has 1 unspecified atom stereocenters. The second-order valence-electron chi connectivity index (χ2n) is 2.76. The number of carbonyl (C=O) groups excluding carboxylic acids is 1. The van der Waals surface area contributed by atoms with Crippen LogP contribution < -0.4 is 0 Å². The van der Waals surface area contributed by atoms with Gasteiger partial charge in [0.15, 0.2) is 12.0 Å². The summed E-state index contributed by atoms with van der Waals surface area (Å²) in [7, 11) is 0. The topological polar surface area (TPSA) is 40.2 Å². The van der Waals surface area contributed by atoms with E-state index in [1.807, 2.05) is 4.90 Å². The Hall–Kier alpha value is -1.25. The Morgan fingerprint density at radius 1 is 1.64 bits per heavy atom. The minimum absolute atomic E-state index is 0.129. The summed E-state index contributed by atoms with van der Waals surface area (Å²) in [6.07, 6.45) is 4.88. The molecule has 2 rings (SSSR count). The van der Waals surface area contributed by atoms with Gasteiger partial charge < -0.3 is 4.90 Å². The van der Waals surface area contributed by atoms with Crippen molar-refractivity contribution in [3.8, 4) is 0 Å². The van der Waals surface area contributed by atoms with Crippen molar-refractivity contribution in [1.29, 1.82) is 0 Å². The Morgan fingerprint density at radius 2 is 2.45 bits per heavy atom. The van der Waals surface area contributed by atoms with Gasteiger partial charge in [-0.3, -0.25) is 9.90 Å². The fourth-order valence-electron chi connectivity index (χ4n) is 1.58. The number of hydrogen-bond acceptors (Lipinski definition) is 2. The lowest BCUT2D eigenvalue weighted by Crippen LogP contribution is -2.25. The van der Waals surface area contributed by atoms with Crippen LogP contribution in [-0.4, -0.2) is 23.3 Å². The predicted molar refractivity (Wildman–Crippen MR) is 38.0 cm³/mol. The first-order chi connectivity index (χ1) is 5.33. The smallest absolute Gasteiger partial charge is 0.166 e. The average molecular weight is 150 g/mol. The number of Topliss-reactive ketones (excluding diaryl/α,β-unsaturated/α-hetero) is 1. The molecule has 57 valence electrons. The molecule has 1 saturated heterocycles. The molecule has 0 spiro atoms. The fourth-order valence-corrected chi connectivity index (χ4v) is 1.58. The van der Waals surface area contributed by atoms with Crippen molar-refractivity contribution >= 4 is 5.78 Å². The maximum atomic E-state index is 11.1. The van der Waals surface area contributed by atoms with Gasteiger partial charge in [-0.05, 0) is 6.08 Å². The van der Waals surface area contributed by atoms with Crippen LogP contribution in [0.4, 0.5) is 0 Å². The molecule has 0 aliphatic carbocycles. The molecule has 11 heavy (non-hydrogen) atoms. The average Bonchev–Trinajstić information content (AvgIpc) is 2.53. The minimum atomic E-state index is -0.129. The highest BCUT2D eigenvalue weighted by Gasteiger charge is 2.34. The number of allylic oxidation sites excluding steroid dienone is 1. The highest BCUT2D eigenvalue weighted by Crippen LogP contribution is 2.26. The molecule has 3 heteroatoms. The third-order valence-electron chi connectivity index (χ3n) is 2.17. The number of hydrogen-bond donors (Lipinski definition) is 0. The van der Waals surface area contributed by atoms with E-state index in [9.17, 15) is 9.90 Å². The Balaban J connectivity index is 2.30. The maximum Gasteiger partial charge on any atom is 0.166 e. The van der Waals surface area contributed by atoms with Gasteiger partial charge in [0, 0.05) is 13.0 Å². The SMILES string of the molecule is [O]C=C1C=CC2C(=O)CCN12. The van der Waals surface area contributed by atoms with E-state index in [1.165, 1.54) is 0 Å². The van der Waals surface area contributed by atoms with Crippen molar-refractivity contribution in [1.82, 2.24) is 4.90 Å². The van der Waals surface area contributed by atoms with Crippen molar-refractivity contribution < 1.29 is 9.90 Å². The molecule has 1 fully saturated rings. The van der Waals surface area contributed by atoms with Crippen LogP contribution >= 0.6 is 0 Å². The summed E-state index contributed by atoms with van der Waals surface area (Å²) in [6.45, 7) is 0.699. The van der Waals surface area contributed by atoms with Crippen LogP contribution in [0.1, 0.15) is 6.42 Å². The summed E-state index contributed by atoms with van der Waals surface area (Å²) in [6, 6.07) is -0.129. The lowest BCUT2D eigenvalue weighted by atomic mass is 10.2. The Morgan fingerprint density at radius 3 is 3.18 bits per heavy atom. The molecular weight excluding hydrogens is 142 g/mol. The van der Waals surface area contributed by atoms with Crippen molar-refractivity contribution in [2.24, 2.45) is 0 Å². The molecule has 2 aliphatic heterocycles. The maximum absolute atomic E-state index is 11.1. The zero-order valence-electron chi connectivity index (χ0n) is 5.99. The van der Waals surface area contributed by atoms with E-state index in [0.717, 1.165) is 6.26 Å². The van der Waals surface area contributed by atoms with Gasteiger partial charge in [0.25, 0.3) is 0 Å². The van der Waals surface area contributed by atoms with Gasteiger partial charge >= 0.3 is 0 Å². The lowest BCUT2D eigenvalue weighted by Gasteiger charge is -2.15. The monoisotopic (exact) mass is 150 g/mol. The summed E-state index contributed by atoms with van der Waals surface area (Å²) in [5, 5.41) is 10.4. The van der Waals surface area contributed by atoms with Crippen molar-refractivity contribution in [2.75, 3.05) is 6.54 Å². The molecule has 1 radical (unpaired) electrons. The molecule has 3 nitrogen and oxygen atoms in total. The van der Waals surface area contributed by atoms with E-state index < -0.39 is 0 Å². The van der Waals surface area contributed by atoms with Crippen molar-refractivity contribution in [3.05, 3.63) is 24.1 Å². The molecule has 0 N–H and O–H groups in total. The summed E-state index contributed by atoms with van der Waals surface area (Å²) in [4.78, 5) is 12.9. The highest BCUT2D eigenvalue weighted by atomic mass is 16.2. The number of ketones is 1. The molecule has 0 bridgehead atoms. The molecule has 0 saturated carbocycles. The number of rotatable bonds is 0. The molecule has 2 heterocycles. The van der Waals surface area contributed by atoms with E-state index in [1.54, 1.807) is 12.2 Å². The van der Waals surface area contributed by atoms with E-state index >= 15 is 0 Å². The standard InChI is InChI=1S/C8H8NO2/c10-5-6-1-2-7-8(11)3-4-9(6)7/h1-2,5,7H,3-4H2. The number of carbonyl (C=O) groups is 1. The molecule has 0 amide bonds. The van der Waals surface area contributed by atoms with Crippen LogP contribution in [0, 0.1) is 0 Å². The van der Waals surface area contributed by atoms with Crippen LogP contribution in [0.3, 0.4) is 0 Å². The quantitative estimate of drug-likeness (QED) is 0.471. The van der Waals surface area contributed by atoms with Gasteiger partial charge in [-0.15, -0.1) is 0 Å². The van der Waals surface area contributed by atoms with Gasteiger partial charge in [-0.25, -0.2) is 0 Å². The zero-order chi connectivity index (χ0) is 7.84. The minimum Gasteiger partial charge on any atom is -0.355 e. The van der Waals surface area contributed by atoms with E-state index in [0.29, 0.717) is 18.7 Å². The molecule has 0 aromatic carbocycles. The molecular formula is C8H8NO2. The summed E-state index contributed by atoms with van der Waals surface area (Å²) in [5.41, 5.74) is 0.640. The van der Waals surface area contributed by atoms with Crippen LogP contribution in [0.25, 0.3) is 0 Å². The van der Waals surface area contributed by atoms with E-state index in [2.05, 4.69) is 0 Å². The van der Waals surface area contributed by atoms with E-state index in [-0.39, 0.29) is 11.8 Å². The second kappa shape index (κ2) is 2.12. The number of fused-ring (bicyclic) bond motifs is 1. The normalized spacial score (nSPS) is 32.0. The third kappa shape index (κ3) is 0.770. The Bertz CT molecular complexity index is 255. The summed E-state index contributed by atoms with van der Waals surface area (Å²) >= 11 is 0. The summed E-state index contributed by atoms with van der Waals surface area (Å²) in [5.74, 6) is 0.220. The predicted octanol–water partition coefficient (Wildman–Crippen LogP) is 0.471. The number of nitrogens with zero attached hydrogens (tertiary/aromatic N) is 1.